The number of nitrogens with zero attached hydrogens (tertiary/aromatic N) is 1. The molecule has 0 spiro atoms. The van der Waals surface area contributed by atoms with Crippen molar-refractivity contribution in [1.29, 1.82) is 0 Å². The van der Waals surface area contributed by atoms with Crippen molar-refractivity contribution in [2.24, 2.45) is 0 Å². The average molecular weight is 257 g/mol. The molecule has 3 atom stereocenters. The number of aldehydes is 1. The smallest absolute Gasteiger partial charge is 0.254 e. The second-order valence-electron chi connectivity index (χ2n) is 5.00. The normalized spacial score (nSPS) is 34.5. The lowest BCUT2D eigenvalue weighted by Gasteiger charge is -2.48. The van der Waals surface area contributed by atoms with E-state index in [4.69, 9.17) is 14.2 Å². The Kier molecular flexibility index (Phi) is 3.70. The van der Waals surface area contributed by atoms with Crippen molar-refractivity contribution in [2.75, 3.05) is 20.3 Å². The van der Waals surface area contributed by atoms with Gasteiger partial charge in [-0.15, -0.1) is 0 Å². The van der Waals surface area contributed by atoms with Gasteiger partial charge in [0.2, 0.25) is 0 Å². The molecule has 2 rings (SSSR count). The van der Waals surface area contributed by atoms with E-state index < -0.39 is 11.9 Å². The highest BCUT2D eigenvalue weighted by atomic mass is 16.7. The van der Waals surface area contributed by atoms with Crippen LogP contribution in [0.2, 0.25) is 0 Å². The van der Waals surface area contributed by atoms with Crippen molar-refractivity contribution >= 4 is 12.2 Å². The number of likely N-dealkylation sites (tertiary alicyclic amines) is 1. The Balaban J connectivity index is 2.03. The molecule has 0 aliphatic carbocycles. The minimum absolute atomic E-state index is 0.0855. The first-order valence-corrected chi connectivity index (χ1v) is 6.09. The first-order chi connectivity index (χ1) is 8.50. The fourth-order valence-electron chi connectivity index (χ4n) is 2.51. The van der Waals surface area contributed by atoms with Gasteiger partial charge in [-0.3, -0.25) is 4.79 Å². The highest BCUT2D eigenvalue weighted by molar-refractivity contribution is 5.88. The van der Waals surface area contributed by atoms with Crippen LogP contribution in [0.1, 0.15) is 20.3 Å². The molecule has 0 N–H and O–H groups in total. The molecule has 0 aromatic carbocycles. The number of β-lactam (4-membered cyclic amide) rings is 1. The van der Waals surface area contributed by atoms with Crippen molar-refractivity contribution < 1.29 is 23.8 Å². The zero-order chi connectivity index (χ0) is 13.3. The summed E-state index contributed by atoms with van der Waals surface area (Å²) in [6.45, 7) is 4.52. The Labute approximate surface area is 106 Å². The van der Waals surface area contributed by atoms with Gasteiger partial charge >= 0.3 is 0 Å². The van der Waals surface area contributed by atoms with E-state index in [-0.39, 0.29) is 18.1 Å². The van der Waals surface area contributed by atoms with Gasteiger partial charge in [0.05, 0.1) is 12.6 Å². The highest BCUT2D eigenvalue weighted by Crippen LogP contribution is 2.33. The molecule has 6 nitrogen and oxygen atoms in total. The number of methoxy groups -OCH3 is 1. The van der Waals surface area contributed by atoms with Crippen LogP contribution in [0, 0.1) is 0 Å². The summed E-state index contributed by atoms with van der Waals surface area (Å²) in [6, 6.07) is -0.163. The predicted octanol–water partition coefficient (Wildman–Crippen LogP) is -0.0473. The number of ether oxygens (including phenoxy) is 3. The Morgan fingerprint density at radius 2 is 2.28 bits per heavy atom. The lowest BCUT2D eigenvalue weighted by Crippen LogP contribution is -2.70. The van der Waals surface area contributed by atoms with E-state index >= 15 is 0 Å². The number of hydrogen-bond donors (Lipinski definition) is 0. The molecule has 0 aromatic rings. The predicted molar refractivity (Wildman–Crippen MR) is 61.9 cm³/mol. The first kappa shape index (κ1) is 13.5. The van der Waals surface area contributed by atoms with Gasteiger partial charge in [-0.2, -0.15) is 0 Å². The standard InChI is InChI=1S/C12H19NO5/c1-12(2)17-7-8(18-12)9-10(16-3)11(15)13(9)5-4-6-14/h6,8-10H,4-5,7H2,1-3H3/t8-,9+,10-/m1/s1. The van der Waals surface area contributed by atoms with Crippen LogP contribution in [0.5, 0.6) is 0 Å². The summed E-state index contributed by atoms with van der Waals surface area (Å²) in [6.07, 6.45) is 0.448. The lowest BCUT2D eigenvalue weighted by atomic mass is 9.92. The number of hydrogen-bond acceptors (Lipinski definition) is 5. The Bertz CT molecular complexity index is 343. The van der Waals surface area contributed by atoms with Crippen molar-refractivity contribution in [2.45, 2.75) is 44.3 Å². The van der Waals surface area contributed by atoms with Gasteiger partial charge < -0.3 is 23.9 Å². The second-order valence-corrected chi connectivity index (χ2v) is 5.00. The van der Waals surface area contributed by atoms with Crippen molar-refractivity contribution in [1.82, 2.24) is 4.90 Å². The molecule has 2 saturated heterocycles. The zero-order valence-electron chi connectivity index (χ0n) is 10.9. The van der Waals surface area contributed by atoms with Crippen LogP contribution in [0.4, 0.5) is 0 Å². The van der Waals surface area contributed by atoms with Gasteiger partial charge in [0, 0.05) is 20.1 Å². The third-order valence-electron chi connectivity index (χ3n) is 3.35. The maximum absolute atomic E-state index is 11.8. The van der Waals surface area contributed by atoms with Gasteiger partial charge in [-0.25, -0.2) is 0 Å². The molecule has 0 bridgehead atoms. The van der Waals surface area contributed by atoms with Crippen LogP contribution < -0.4 is 0 Å². The molecule has 2 aliphatic rings. The van der Waals surface area contributed by atoms with E-state index in [9.17, 15) is 9.59 Å². The lowest BCUT2D eigenvalue weighted by molar-refractivity contribution is -0.193. The molecular formula is C12H19NO5. The van der Waals surface area contributed by atoms with Gasteiger partial charge in [-0.1, -0.05) is 0 Å². The summed E-state index contributed by atoms with van der Waals surface area (Å²) in [7, 11) is 1.51. The third-order valence-corrected chi connectivity index (χ3v) is 3.35. The van der Waals surface area contributed by atoms with Crippen LogP contribution in [-0.2, 0) is 23.8 Å². The summed E-state index contributed by atoms with van der Waals surface area (Å²) in [5, 5.41) is 0. The molecule has 0 saturated carbocycles. The zero-order valence-corrected chi connectivity index (χ0v) is 10.9. The fraction of sp³-hybridized carbons (Fsp3) is 0.833. The van der Waals surface area contributed by atoms with Gasteiger partial charge in [-0.05, 0) is 13.8 Å². The van der Waals surface area contributed by atoms with Crippen LogP contribution in [0.15, 0.2) is 0 Å². The van der Waals surface area contributed by atoms with Gasteiger partial charge in [0.25, 0.3) is 5.91 Å². The molecule has 0 unspecified atom stereocenters. The van der Waals surface area contributed by atoms with Crippen molar-refractivity contribution in [3.05, 3.63) is 0 Å². The maximum Gasteiger partial charge on any atom is 0.254 e. The molecule has 0 radical (unpaired) electrons. The van der Waals surface area contributed by atoms with Crippen LogP contribution >= 0.6 is 0 Å². The Morgan fingerprint density at radius 3 is 2.78 bits per heavy atom. The SMILES string of the molecule is CO[C@H]1C(=O)N(CCC=O)[C@H]1[C@H]1COC(C)(C)O1. The number of rotatable bonds is 5. The molecule has 2 heterocycles. The summed E-state index contributed by atoms with van der Waals surface area (Å²) in [4.78, 5) is 23.9. The first-order valence-electron chi connectivity index (χ1n) is 6.09. The maximum atomic E-state index is 11.8. The quantitative estimate of drug-likeness (QED) is 0.510. The van der Waals surface area contributed by atoms with E-state index in [0.717, 1.165) is 6.29 Å². The van der Waals surface area contributed by atoms with E-state index in [1.165, 1.54) is 7.11 Å². The Hall–Kier alpha value is -0.980. The largest absolute Gasteiger partial charge is 0.369 e. The van der Waals surface area contributed by atoms with Gasteiger partial charge in [0.15, 0.2) is 11.9 Å². The minimum Gasteiger partial charge on any atom is -0.369 e. The van der Waals surface area contributed by atoms with E-state index in [0.29, 0.717) is 19.6 Å². The van der Waals surface area contributed by atoms with E-state index in [1.807, 2.05) is 13.8 Å². The third kappa shape index (κ3) is 2.28. The fourth-order valence-corrected chi connectivity index (χ4v) is 2.51. The van der Waals surface area contributed by atoms with E-state index in [2.05, 4.69) is 0 Å². The monoisotopic (exact) mass is 257 g/mol. The average Bonchev–Trinajstić information content (AvgIpc) is 2.66. The molecule has 2 aliphatic heterocycles. The highest BCUT2D eigenvalue weighted by Gasteiger charge is 2.54. The topological polar surface area (TPSA) is 65.1 Å². The minimum atomic E-state index is -0.627. The summed E-state index contributed by atoms with van der Waals surface area (Å²) < 4.78 is 16.5. The number of carbonyl (C=O) groups excluding carboxylic acids is 2. The van der Waals surface area contributed by atoms with Gasteiger partial charge in [0.1, 0.15) is 12.4 Å². The molecular weight excluding hydrogens is 238 g/mol. The second kappa shape index (κ2) is 4.95. The van der Waals surface area contributed by atoms with Crippen molar-refractivity contribution in [3.63, 3.8) is 0 Å². The van der Waals surface area contributed by atoms with Crippen LogP contribution in [0.3, 0.4) is 0 Å². The molecule has 102 valence electrons. The number of carbonyl (C=O) groups is 2. The molecule has 6 heteroatoms. The molecule has 18 heavy (non-hydrogen) atoms. The van der Waals surface area contributed by atoms with Crippen LogP contribution in [0.25, 0.3) is 0 Å². The van der Waals surface area contributed by atoms with Crippen molar-refractivity contribution in [3.8, 4) is 0 Å². The molecule has 0 aromatic heterocycles. The van der Waals surface area contributed by atoms with E-state index in [1.54, 1.807) is 4.90 Å². The summed E-state index contributed by atoms with van der Waals surface area (Å²) in [5.74, 6) is -0.713. The summed E-state index contributed by atoms with van der Waals surface area (Å²) in [5.41, 5.74) is 0. The molecule has 2 fully saturated rings. The molecule has 1 amide bonds. The van der Waals surface area contributed by atoms with Crippen LogP contribution in [-0.4, -0.2) is 61.4 Å². The Morgan fingerprint density at radius 1 is 1.56 bits per heavy atom. The summed E-state index contributed by atoms with van der Waals surface area (Å²) >= 11 is 0. The number of amides is 1.